The van der Waals surface area contributed by atoms with E-state index in [-0.39, 0.29) is 18.4 Å². The van der Waals surface area contributed by atoms with E-state index in [1.54, 1.807) is 15.6 Å². The van der Waals surface area contributed by atoms with Crippen LogP contribution in [0.4, 0.5) is 0 Å². The Kier molecular flexibility index (Phi) is 3.47. The van der Waals surface area contributed by atoms with Crippen molar-refractivity contribution in [1.29, 1.82) is 0 Å². The number of aryl methyl sites for hydroxylation is 2. The molecular weight excluding hydrogens is 284 g/mol. The van der Waals surface area contributed by atoms with E-state index in [2.05, 4.69) is 5.10 Å². The number of hydrogen-bond acceptors (Lipinski definition) is 4. The van der Waals surface area contributed by atoms with Gasteiger partial charge in [0, 0.05) is 44.3 Å². The third-order valence-corrected chi connectivity index (χ3v) is 4.99. The molecule has 0 bridgehead atoms. The maximum Gasteiger partial charge on any atom is 0.313 e. The molecule has 2 fully saturated rings. The van der Waals surface area contributed by atoms with Crippen LogP contribution in [0, 0.1) is 18.3 Å². The van der Waals surface area contributed by atoms with E-state index < -0.39 is 11.4 Å². The normalized spacial score (nSPS) is 28.1. The largest absolute Gasteiger partial charge is 0.481 e. The zero-order valence-electron chi connectivity index (χ0n) is 13.2. The van der Waals surface area contributed by atoms with Crippen molar-refractivity contribution in [3.05, 3.63) is 17.5 Å². The molecule has 0 aliphatic carbocycles. The van der Waals surface area contributed by atoms with Crippen molar-refractivity contribution in [3.63, 3.8) is 0 Å². The lowest BCUT2D eigenvalue weighted by Gasteiger charge is -2.23. The molecule has 1 aromatic heterocycles. The second-order valence-electron chi connectivity index (χ2n) is 6.53. The summed E-state index contributed by atoms with van der Waals surface area (Å²) in [6.07, 6.45) is 0. The molecule has 7 heteroatoms. The van der Waals surface area contributed by atoms with E-state index in [1.165, 1.54) is 0 Å². The first-order valence-corrected chi connectivity index (χ1v) is 7.63. The van der Waals surface area contributed by atoms with Crippen molar-refractivity contribution in [1.82, 2.24) is 19.6 Å². The molecule has 0 saturated carbocycles. The van der Waals surface area contributed by atoms with Crippen molar-refractivity contribution in [2.24, 2.45) is 11.3 Å². The number of carboxylic acid groups (broad SMARTS) is 1. The van der Waals surface area contributed by atoms with Crippen LogP contribution in [0.25, 0.3) is 0 Å². The zero-order chi connectivity index (χ0) is 16.1. The van der Waals surface area contributed by atoms with Gasteiger partial charge in [0.1, 0.15) is 5.41 Å². The van der Waals surface area contributed by atoms with Crippen molar-refractivity contribution < 1.29 is 14.7 Å². The van der Waals surface area contributed by atoms with Gasteiger partial charge in [-0.25, -0.2) is 0 Å². The molecule has 0 aromatic carbocycles. The highest BCUT2D eigenvalue weighted by Gasteiger charge is 2.57. The Morgan fingerprint density at radius 3 is 2.68 bits per heavy atom. The van der Waals surface area contributed by atoms with Crippen molar-refractivity contribution in [2.75, 3.05) is 33.2 Å². The van der Waals surface area contributed by atoms with Crippen LogP contribution in [0.5, 0.6) is 0 Å². The predicted molar refractivity (Wildman–Crippen MR) is 79.6 cm³/mol. The third-order valence-electron chi connectivity index (χ3n) is 4.99. The number of hydrogen-bond donors (Lipinski definition) is 1. The Labute approximate surface area is 129 Å². The number of aromatic nitrogens is 2. The van der Waals surface area contributed by atoms with Gasteiger partial charge in [-0.15, -0.1) is 0 Å². The minimum atomic E-state index is -0.827. The Morgan fingerprint density at radius 2 is 2.14 bits per heavy atom. The van der Waals surface area contributed by atoms with Gasteiger partial charge in [-0.1, -0.05) is 0 Å². The molecule has 0 radical (unpaired) electrons. The molecule has 3 rings (SSSR count). The van der Waals surface area contributed by atoms with Gasteiger partial charge in [-0.2, -0.15) is 5.10 Å². The SMILES string of the molecule is CCn1nc(C(=O)N2C[C@H]3CN(C)C[C@@]3(C(=O)O)C2)cc1C. The quantitative estimate of drug-likeness (QED) is 0.869. The summed E-state index contributed by atoms with van der Waals surface area (Å²) in [7, 11) is 1.93. The minimum absolute atomic E-state index is 0.00620. The van der Waals surface area contributed by atoms with Gasteiger partial charge in [0.15, 0.2) is 5.69 Å². The standard InChI is InChI=1S/C15H22N4O3/c1-4-19-10(2)5-12(16-19)13(20)18-7-11-6-17(3)8-15(11,9-18)14(21)22/h5,11H,4,6-9H2,1-3H3,(H,21,22)/t11-,15-/m1/s1. The monoisotopic (exact) mass is 306 g/mol. The summed E-state index contributed by atoms with van der Waals surface area (Å²) in [6.45, 7) is 6.59. The molecule has 1 aromatic rings. The highest BCUT2D eigenvalue weighted by molar-refractivity contribution is 5.93. The average Bonchev–Trinajstić information content (AvgIpc) is 3.07. The molecule has 2 aliphatic rings. The van der Waals surface area contributed by atoms with Crippen molar-refractivity contribution in [3.8, 4) is 0 Å². The number of carbonyl (C=O) groups excluding carboxylic acids is 1. The molecule has 120 valence electrons. The summed E-state index contributed by atoms with van der Waals surface area (Å²) in [5.41, 5.74) is 0.526. The van der Waals surface area contributed by atoms with E-state index in [1.807, 2.05) is 25.8 Å². The smallest absolute Gasteiger partial charge is 0.313 e. The number of likely N-dealkylation sites (tertiary alicyclic amines) is 2. The summed E-state index contributed by atoms with van der Waals surface area (Å²) >= 11 is 0. The molecule has 0 unspecified atom stereocenters. The Bertz CT molecular complexity index is 626. The van der Waals surface area contributed by atoms with Gasteiger partial charge in [-0.05, 0) is 27.0 Å². The molecule has 0 spiro atoms. The maximum atomic E-state index is 12.6. The van der Waals surface area contributed by atoms with Crippen LogP contribution < -0.4 is 0 Å². The van der Waals surface area contributed by atoms with Gasteiger partial charge in [0.2, 0.25) is 0 Å². The zero-order valence-corrected chi connectivity index (χ0v) is 13.2. The summed E-state index contributed by atoms with van der Waals surface area (Å²) in [6, 6.07) is 1.78. The fraction of sp³-hybridized carbons (Fsp3) is 0.667. The lowest BCUT2D eigenvalue weighted by molar-refractivity contribution is -0.148. The second-order valence-corrected chi connectivity index (χ2v) is 6.53. The fourth-order valence-corrected chi connectivity index (χ4v) is 3.87. The lowest BCUT2D eigenvalue weighted by atomic mass is 9.81. The molecule has 7 nitrogen and oxygen atoms in total. The number of nitrogens with zero attached hydrogens (tertiary/aromatic N) is 4. The molecule has 2 aliphatic heterocycles. The van der Waals surface area contributed by atoms with Crippen LogP contribution in [0.2, 0.25) is 0 Å². The molecule has 1 N–H and O–H groups in total. The first-order chi connectivity index (χ1) is 10.4. The van der Waals surface area contributed by atoms with E-state index in [9.17, 15) is 14.7 Å². The summed E-state index contributed by atoms with van der Waals surface area (Å²) in [5.74, 6) is -0.964. The van der Waals surface area contributed by atoms with E-state index >= 15 is 0 Å². The van der Waals surface area contributed by atoms with E-state index in [0.29, 0.717) is 25.3 Å². The van der Waals surface area contributed by atoms with Gasteiger partial charge in [-0.3, -0.25) is 14.3 Å². The van der Waals surface area contributed by atoms with E-state index in [0.717, 1.165) is 12.2 Å². The van der Waals surface area contributed by atoms with Crippen LogP contribution in [0.1, 0.15) is 23.1 Å². The van der Waals surface area contributed by atoms with Crippen LogP contribution in [0.3, 0.4) is 0 Å². The first kappa shape index (κ1) is 15.0. The molecular formula is C15H22N4O3. The number of aliphatic carboxylic acids is 1. The molecule has 2 atom stereocenters. The highest BCUT2D eigenvalue weighted by atomic mass is 16.4. The topological polar surface area (TPSA) is 78.7 Å². The second kappa shape index (κ2) is 5.08. The van der Waals surface area contributed by atoms with Gasteiger partial charge >= 0.3 is 5.97 Å². The maximum absolute atomic E-state index is 12.6. The fourth-order valence-electron chi connectivity index (χ4n) is 3.87. The number of carbonyl (C=O) groups is 2. The number of carboxylic acids is 1. The van der Waals surface area contributed by atoms with Crippen LogP contribution >= 0.6 is 0 Å². The van der Waals surface area contributed by atoms with Crippen LogP contribution in [-0.2, 0) is 11.3 Å². The lowest BCUT2D eigenvalue weighted by Crippen LogP contribution is -2.41. The van der Waals surface area contributed by atoms with Crippen LogP contribution in [-0.4, -0.2) is 69.8 Å². The van der Waals surface area contributed by atoms with Gasteiger partial charge in [0.05, 0.1) is 0 Å². The third kappa shape index (κ3) is 2.11. The Balaban J connectivity index is 1.83. The number of rotatable bonds is 3. The average molecular weight is 306 g/mol. The highest BCUT2D eigenvalue weighted by Crippen LogP contribution is 2.42. The first-order valence-electron chi connectivity index (χ1n) is 7.63. The Hall–Kier alpha value is -1.89. The van der Waals surface area contributed by atoms with E-state index in [4.69, 9.17) is 0 Å². The number of amides is 1. The molecule has 3 heterocycles. The van der Waals surface area contributed by atoms with Crippen LogP contribution in [0.15, 0.2) is 6.07 Å². The van der Waals surface area contributed by atoms with Gasteiger partial charge < -0.3 is 14.9 Å². The number of fused-ring (bicyclic) bond motifs is 1. The summed E-state index contributed by atoms with van der Waals surface area (Å²) in [4.78, 5) is 28.1. The molecule has 2 saturated heterocycles. The molecule has 22 heavy (non-hydrogen) atoms. The van der Waals surface area contributed by atoms with Gasteiger partial charge in [0.25, 0.3) is 5.91 Å². The summed E-state index contributed by atoms with van der Waals surface area (Å²) in [5, 5.41) is 14.0. The molecule has 1 amide bonds. The predicted octanol–water partition coefficient (Wildman–Crippen LogP) is 0.300. The Morgan fingerprint density at radius 1 is 1.41 bits per heavy atom. The van der Waals surface area contributed by atoms with Crippen molar-refractivity contribution in [2.45, 2.75) is 20.4 Å². The van der Waals surface area contributed by atoms with Crippen molar-refractivity contribution >= 4 is 11.9 Å². The minimum Gasteiger partial charge on any atom is -0.481 e. The summed E-state index contributed by atoms with van der Waals surface area (Å²) < 4.78 is 1.78.